The van der Waals surface area contributed by atoms with Crippen LogP contribution < -0.4 is 21.3 Å². The average Bonchev–Trinajstić information content (AvgIpc) is 2.50. The first kappa shape index (κ1) is 15.0. The quantitative estimate of drug-likeness (QED) is 0.589. The van der Waals surface area contributed by atoms with Crippen LogP contribution in [-0.2, 0) is 0 Å². The second-order valence-corrected chi connectivity index (χ2v) is 4.59. The Morgan fingerprint density at radius 2 is 2.10 bits per heavy atom. The molecule has 1 amide bonds. The largest absolute Gasteiger partial charge is 0.495 e. The highest BCUT2D eigenvalue weighted by Gasteiger charge is 2.13. The number of nitrogens with two attached hydrogens (primary N) is 1. The molecule has 0 bridgehead atoms. The van der Waals surface area contributed by atoms with Crippen LogP contribution in [0.5, 0.6) is 5.75 Å². The molecule has 8 heteroatoms. The van der Waals surface area contributed by atoms with E-state index in [4.69, 9.17) is 22.2 Å². The zero-order valence-electron chi connectivity index (χ0n) is 11.5. The van der Waals surface area contributed by atoms with Crippen LogP contribution in [0, 0.1) is 6.92 Å². The Bertz CT molecular complexity index is 660. The molecule has 4 N–H and O–H groups in total. The van der Waals surface area contributed by atoms with Crippen molar-refractivity contribution >= 4 is 29.0 Å². The van der Waals surface area contributed by atoms with Crippen LogP contribution in [0.15, 0.2) is 24.5 Å². The molecule has 0 radical (unpaired) electrons. The maximum absolute atomic E-state index is 12.1. The molecule has 0 aliphatic heterocycles. The number of ether oxygens (including phenoxy) is 1. The minimum Gasteiger partial charge on any atom is -0.495 e. The predicted octanol–water partition coefficient (Wildman–Crippen LogP) is 1.98. The van der Waals surface area contributed by atoms with E-state index < -0.39 is 5.91 Å². The number of carbonyl (C=O) groups excluding carboxylic acids is 1. The summed E-state index contributed by atoms with van der Waals surface area (Å²) in [6.07, 6.45) is 2.68. The van der Waals surface area contributed by atoms with Crippen molar-refractivity contribution in [2.45, 2.75) is 6.92 Å². The van der Waals surface area contributed by atoms with Gasteiger partial charge >= 0.3 is 0 Å². The van der Waals surface area contributed by atoms with Gasteiger partial charge in [0.05, 0.1) is 25.2 Å². The fraction of sp³-hybridized carbons (Fsp3) is 0.154. The third-order valence-corrected chi connectivity index (χ3v) is 3.17. The van der Waals surface area contributed by atoms with E-state index in [2.05, 4.69) is 20.7 Å². The summed E-state index contributed by atoms with van der Waals surface area (Å²) >= 11 is 6.02. The summed E-state index contributed by atoms with van der Waals surface area (Å²) in [5, 5.41) is 3.26. The summed E-state index contributed by atoms with van der Waals surface area (Å²) in [6, 6.07) is 3.36. The fourth-order valence-corrected chi connectivity index (χ4v) is 1.79. The number of aromatic nitrogens is 2. The smallest absolute Gasteiger partial charge is 0.275 e. The van der Waals surface area contributed by atoms with Crippen LogP contribution in [0.4, 0.5) is 11.5 Å². The van der Waals surface area contributed by atoms with Gasteiger partial charge < -0.3 is 15.5 Å². The molecule has 21 heavy (non-hydrogen) atoms. The molecule has 1 heterocycles. The number of methoxy groups -OCH3 is 1. The number of nitrogen functional groups attached to an aromatic ring is 1. The van der Waals surface area contributed by atoms with E-state index in [0.717, 1.165) is 5.56 Å². The molecular formula is C13H14ClN5O2. The van der Waals surface area contributed by atoms with Crippen LogP contribution in [0.3, 0.4) is 0 Å². The number of amides is 1. The van der Waals surface area contributed by atoms with Gasteiger partial charge in [0.1, 0.15) is 11.4 Å². The van der Waals surface area contributed by atoms with Crippen LogP contribution in [0.2, 0.25) is 5.02 Å². The number of halogens is 1. The highest BCUT2D eigenvalue weighted by atomic mass is 35.5. The summed E-state index contributed by atoms with van der Waals surface area (Å²) in [5.74, 6) is 5.61. The summed E-state index contributed by atoms with van der Waals surface area (Å²) in [6.45, 7) is 1.83. The third-order valence-electron chi connectivity index (χ3n) is 2.76. The lowest BCUT2D eigenvalue weighted by molar-refractivity contribution is 0.102. The van der Waals surface area contributed by atoms with Crippen molar-refractivity contribution in [3.05, 3.63) is 40.8 Å². The molecule has 2 aromatic rings. The first-order valence-corrected chi connectivity index (χ1v) is 6.37. The molecule has 0 atom stereocenters. The highest BCUT2D eigenvalue weighted by Crippen LogP contribution is 2.31. The number of hydrazine groups is 1. The highest BCUT2D eigenvalue weighted by molar-refractivity contribution is 6.31. The van der Waals surface area contributed by atoms with Gasteiger partial charge in [-0.3, -0.25) is 4.79 Å². The van der Waals surface area contributed by atoms with E-state index >= 15 is 0 Å². The van der Waals surface area contributed by atoms with E-state index in [0.29, 0.717) is 22.3 Å². The SMILES string of the molecule is COc1cc(Cl)c(C)cc1NC(=O)c1cnc(NN)cn1. The Hall–Kier alpha value is -2.38. The third kappa shape index (κ3) is 3.39. The predicted molar refractivity (Wildman–Crippen MR) is 80.5 cm³/mol. The van der Waals surface area contributed by atoms with Gasteiger partial charge in [0.2, 0.25) is 0 Å². The topological polar surface area (TPSA) is 102 Å². The minimum absolute atomic E-state index is 0.156. The number of anilines is 2. The first-order chi connectivity index (χ1) is 10.0. The number of rotatable bonds is 4. The number of hydrogen-bond acceptors (Lipinski definition) is 6. The van der Waals surface area contributed by atoms with Crippen molar-refractivity contribution in [1.29, 1.82) is 0 Å². The molecule has 0 saturated carbocycles. The number of benzene rings is 1. The number of nitrogens with one attached hydrogen (secondary N) is 2. The molecular weight excluding hydrogens is 294 g/mol. The van der Waals surface area contributed by atoms with Crippen LogP contribution in [0.1, 0.15) is 16.1 Å². The lowest BCUT2D eigenvalue weighted by Crippen LogP contribution is -2.16. The Balaban J connectivity index is 2.24. The standard InChI is InChI=1S/C13H14ClN5O2/c1-7-3-9(11(21-2)4-8(7)14)18-13(20)10-5-17-12(19-15)6-16-10/h3-6H,15H2,1-2H3,(H,17,19)(H,18,20). The van der Waals surface area contributed by atoms with Crippen molar-refractivity contribution in [2.75, 3.05) is 17.9 Å². The molecule has 0 aliphatic carbocycles. The van der Waals surface area contributed by atoms with Crippen LogP contribution in [0.25, 0.3) is 0 Å². The van der Waals surface area contributed by atoms with E-state index in [1.807, 2.05) is 6.92 Å². The molecule has 2 rings (SSSR count). The molecule has 7 nitrogen and oxygen atoms in total. The van der Waals surface area contributed by atoms with Gasteiger partial charge in [-0.05, 0) is 18.6 Å². The summed E-state index contributed by atoms with van der Waals surface area (Å²) in [4.78, 5) is 20.0. The maximum atomic E-state index is 12.1. The molecule has 0 aliphatic rings. The fourth-order valence-electron chi connectivity index (χ4n) is 1.64. The molecule has 0 unspecified atom stereocenters. The van der Waals surface area contributed by atoms with Gasteiger partial charge in [-0.1, -0.05) is 11.6 Å². The molecule has 0 saturated heterocycles. The van der Waals surface area contributed by atoms with Crippen molar-refractivity contribution in [3.8, 4) is 5.75 Å². The summed E-state index contributed by atoms with van der Waals surface area (Å²) < 4.78 is 5.19. The molecule has 0 fully saturated rings. The summed E-state index contributed by atoms with van der Waals surface area (Å²) in [5.41, 5.74) is 3.82. The first-order valence-electron chi connectivity index (χ1n) is 5.99. The van der Waals surface area contributed by atoms with Crippen molar-refractivity contribution in [3.63, 3.8) is 0 Å². The number of carbonyl (C=O) groups is 1. The van der Waals surface area contributed by atoms with Crippen molar-refractivity contribution in [2.24, 2.45) is 5.84 Å². The second-order valence-electron chi connectivity index (χ2n) is 4.19. The van der Waals surface area contributed by atoms with Gasteiger partial charge in [0.25, 0.3) is 5.91 Å². The Morgan fingerprint density at radius 1 is 1.33 bits per heavy atom. The van der Waals surface area contributed by atoms with E-state index in [1.54, 1.807) is 12.1 Å². The second kappa shape index (κ2) is 6.38. The van der Waals surface area contributed by atoms with Gasteiger partial charge in [0, 0.05) is 11.1 Å². The molecule has 1 aromatic carbocycles. The lowest BCUT2D eigenvalue weighted by Gasteiger charge is -2.12. The van der Waals surface area contributed by atoms with Crippen LogP contribution in [-0.4, -0.2) is 23.0 Å². The lowest BCUT2D eigenvalue weighted by atomic mass is 10.2. The zero-order valence-corrected chi connectivity index (χ0v) is 12.2. The van der Waals surface area contributed by atoms with E-state index in [9.17, 15) is 4.79 Å². The van der Waals surface area contributed by atoms with E-state index in [1.165, 1.54) is 19.5 Å². The van der Waals surface area contributed by atoms with Gasteiger partial charge in [-0.25, -0.2) is 15.8 Å². The molecule has 1 aromatic heterocycles. The average molecular weight is 308 g/mol. The number of aryl methyl sites for hydroxylation is 1. The van der Waals surface area contributed by atoms with Crippen LogP contribution >= 0.6 is 11.6 Å². The Kier molecular flexibility index (Phi) is 4.56. The van der Waals surface area contributed by atoms with Gasteiger partial charge in [0.15, 0.2) is 5.82 Å². The normalized spacial score (nSPS) is 10.1. The number of hydrogen-bond donors (Lipinski definition) is 3. The summed E-state index contributed by atoms with van der Waals surface area (Å²) in [7, 11) is 1.50. The number of nitrogens with zero attached hydrogens (tertiary/aromatic N) is 2. The van der Waals surface area contributed by atoms with E-state index in [-0.39, 0.29) is 5.69 Å². The van der Waals surface area contributed by atoms with Crippen molar-refractivity contribution < 1.29 is 9.53 Å². The van der Waals surface area contributed by atoms with Gasteiger partial charge in [-0.15, -0.1) is 0 Å². The minimum atomic E-state index is -0.411. The maximum Gasteiger partial charge on any atom is 0.275 e. The zero-order chi connectivity index (χ0) is 15.4. The van der Waals surface area contributed by atoms with Crippen molar-refractivity contribution in [1.82, 2.24) is 9.97 Å². The Morgan fingerprint density at radius 3 is 2.67 bits per heavy atom. The van der Waals surface area contributed by atoms with Gasteiger partial charge in [-0.2, -0.15) is 0 Å². The Labute approximate surface area is 126 Å². The molecule has 0 spiro atoms. The monoisotopic (exact) mass is 307 g/mol. The molecule has 110 valence electrons.